The fourth-order valence-electron chi connectivity index (χ4n) is 2.84. The van der Waals surface area contributed by atoms with Crippen LogP contribution in [-0.2, 0) is 0 Å². The molecule has 0 bridgehead atoms. The first-order chi connectivity index (χ1) is 11.5. The molecule has 0 radical (unpaired) electrons. The summed E-state index contributed by atoms with van der Waals surface area (Å²) >= 11 is 17.2. The van der Waals surface area contributed by atoms with Gasteiger partial charge in [-0.05, 0) is 0 Å². The first-order valence-electron chi connectivity index (χ1n) is 8.47. The Balaban J connectivity index is 2.78. The largest absolute Gasteiger partial charge is 0.378 e. The normalized spacial score (nSPS) is 23.2. The van der Waals surface area contributed by atoms with Gasteiger partial charge in [-0.3, -0.25) is 14.7 Å². The molecule has 6 nitrogen and oxygen atoms in total. The summed E-state index contributed by atoms with van der Waals surface area (Å²) in [5.41, 5.74) is 0. The maximum Gasteiger partial charge on any atom is 0.108 e. The Hall–Kier alpha value is 0.630. The van der Waals surface area contributed by atoms with Crippen LogP contribution >= 0.6 is 34.8 Å². The molecule has 0 amide bonds. The van der Waals surface area contributed by atoms with Gasteiger partial charge in [0.15, 0.2) is 0 Å². The predicted octanol–water partition coefficient (Wildman–Crippen LogP) is 0.748. The summed E-state index contributed by atoms with van der Waals surface area (Å²) in [5.74, 6) is 1.15. The molecule has 24 heavy (non-hydrogen) atoms. The Morgan fingerprint density at radius 1 is 0.542 bits per heavy atom. The first-order valence-corrected chi connectivity index (χ1v) is 10.1. The van der Waals surface area contributed by atoms with Gasteiger partial charge in [0, 0.05) is 76.2 Å². The van der Waals surface area contributed by atoms with Gasteiger partial charge in [-0.2, -0.15) is 0 Å². The zero-order valence-electron chi connectivity index (χ0n) is 14.0. The van der Waals surface area contributed by atoms with Crippen LogP contribution in [0.25, 0.3) is 0 Å². The van der Waals surface area contributed by atoms with E-state index >= 15 is 0 Å². The third-order valence-electron chi connectivity index (χ3n) is 4.39. The standard InChI is InChI=1S/C15H30Cl3N3O3/c16-4-1-13(22)19-7-9-20(14(23)2-5-17)11-12-21(10-8-19)15(24)3-6-18/h13-15,22-24H,1-12H2. The molecule has 0 aromatic carbocycles. The lowest BCUT2D eigenvalue weighted by molar-refractivity contribution is -0.0273. The molecule has 9 heteroatoms. The van der Waals surface area contributed by atoms with Crippen LogP contribution in [0.4, 0.5) is 0 Å². The maximum absolute atomic E-state index is 10.3. The number of hydrogen-bond donors (Lipinski definition) is 3. The number of aliphatic hydroxyl groups excluding tert-OH is 3. The molecule has 0 aliphatic carbocycles. The summed E-state index contributed by atoms with van der Waals surface area (Å²) in [5, 5.41) is 30.8. The molecule has 1 fully saturated rings. The van der Waals surface area contributed by atoms with Crippen molar-refractivity contribution in [3.05, 3.63) is 0 Å². The molecular formula is C15H30Cl3N3O3. The van der Waals surface area contributed by atoms with Crippen molar-refractivity contribution in [1.82, 2.24) is 14.7 Å². The molecule has 1 heterocycles. The fraction of sp³-hybridized carbons (Fsp3) is 1.00. The van der Waals surface area contributed by atoms with Gasteiger partial charge in [0.2, 0.25) is 0 Å². The zero-order valence-corrected chi connectivity index (χ0v) is 16.3. The van der Waals surface area contributed by atoms with Crippen molar-refractivity contribution in [2.45, 2.75) is 37.9 Å². The van der Waals surface area contributed by atoms with E-state index in [4.69, 9.17) is 34.8 Å². The van der Waals surface area contributed by atoms with Crippen LogP contribution in [0, 0.1) is 0 Å². The number of rotatable bonds is 9. The minimum absolute atomic E-state index is 0.384. The fourth-order valence-corrected chi connectivity index (χ4v) is 3.43. The first kappa shape index (κ1) is 22.7. The highest BCUT2D eigenvalue weighted by Gasteiger charge is 2.25. The van der Waals surface area contributed by atoms with E-state index in [9.17, 15) is 15.3 Å². The van der Waals surface area contributed by atoms with E-state index in [1.165, 1.54) is 0 Å². The SMILES string of the molecule is OC(CCCl)N1CCN(C(O)CCCl)CCN(C(O)CCCl)CC1. The van der Waals surface area contributed by atoms with Gasteiger partial charge in [-0.15, -0.1) is 34.8 Å². The predicted molar refractivity (Wildman–Crippen MR) is 98.8 cm³/mol. The summed E-state index contributed by atoms with van der Waals surface area (Å²) in [7, 11) is 0. The second-order valence-electron chi connectivity index (χ2n) is 5.98. The Labute approximate surface area is 159 Å². The molecule has 0 aromatic heterocycles. The minimum Gasteiger partial charge on any atom is -0.378 e. The molecule has 3 unspecified atom stereocenters. The highest BCUT2D eigenvalue weighted by Crippen LogP contribution is 2.12. The molecule has 1 aliphatic rings. The topological polar surface area (TPSA) is 70.4 Å². The van der Waals surface area contributed by atoms with E-state index < -0.39 is 18.7 Å². The molecule has 3 N–H and O–H groups in total. The molecular weight excluding hydrogens is 377 g/mol. The number of alkyl halides is 3. The molecule has 3 atom stereocenters. The summed E-state index contributed by atoms with van der Waals surface area (Å²) < 4.78 is 0. The van der Waals surface area contributed by atoms with E-state index in [0.717, 1.165) is 0 Å². The highest BCUT2D eigenvalue weighted by atomic mass is 35.5. The summed E-state index contributed by atoms with van der Waals surface area (Å²) in [6, 6.07) is 0. The van der Waals surface area contributed by atoms with Crippen LogP contribution in [0.2, 0.25) is 0 Å². The van der Waals surface area contributed by atoms with E-state index in [2.05, 4.69) is 0 Å². The molecule has 1 aliphatic heterocycles. The molecule has 1 rings (SSSR count). The summed E-state index contributed by atoms with van der Waals surface area (Å²) in [6.07, 6.45) is -0.430. The average Bonchev–Trinajstić information content (AvgIpc) is 2.65. The van der Waals surface area contributed by atoms with Crippen molar-refractivity contribution in [1.29, 1.82) is 0 Å². The molecule has 144 valence electrons. The second-order valence-corrected chi connectivity index (χ2v) is 7.12. The lowest BCUT2D eigenvalue weighted by Gasteiger charge is -2.31. The number of aliphatic hydroxyl groups is 3. The lowest BCUT2D eigenvalue weighted by atomic mass is 10.3. The Morgan fingerprint density at radius 2 is 0.750 bits per heavy atom. The van der Waals surface area contributed by atoms with Crippen molar-refractivity contribution in [2.24, 2.45) is 0 Å². The lowest BCUT2D eigenvalue weighted by Crippen LogP contribution is -2.45. The Morgan fingerprint density at radius 3 is 0.917 bits per heavy atom. The van der Waals surface area contributed by atoms with Crippen LogP contribution in [0.5, 0.6) is 0 Å². The van der Waals surface area contributed by atoms with Crippen LogP contribution in [0.15, 0.2) is 0 Å². The van der Waals surface area contributed by atoms with Gasteiger partial charge in [0.1, 0.15) is 18.7 Å². The van der Waals surface area contributed by atoms with Gasteiger partial charge in [-0.25, -0.2) is 0 Å². The van der Waals surface area contributed by atoms with E-state index in [1.807, 2.05) is 14.7 Å². The van der Waals surface area contributed by atoms with Crippen molar-refractivity contribution < 1.29 is 15.3 Å². The van der Waals surface area contributed by atoms with Gasteiger partial charge in [-0.1, -0.05) is 0 Å². The van der Waals surface area contributed by atoms with Crippen molar-refractivity contribution in [3.8, 4) is 0 Å². The minimum atomic E-state index is -0.625. The van der Waals surface area contributed by atoms with Crippen LogP contribution in [0.1, 0.15) is 19.3 Å². The van der Waals surface area contributed by atoms with Gasteiger partial charge in [0.25, 0.3) is 0 Å². The third kappa shape index (κ3) is 7.89. The van der Waals surface area contributed by atoms with Crippen LogP contribution < -0.4 is 0 Å². The maximum atomic E-state index is 10.3. The smallest absolute Gasteiger partial charge is 0.108 e. The molecule has 0 saturated carbocycles. The molecule has 0 spiro atoms. The van der Waals surface area contributed by atoms with E-state index in [0.29, 0.717) is 76.2 Å². The van der Waals surface area contributed by atoms with E-state index in [1.54, 1.807) is 0 Å². The molecule has 0 aromatic rings. The summed E-state index contributed by atoms with van der Waals surface area (Å²) in [4.78, 5) is 5.82. The van der Waals surface area contributed by atoms with E-state index in [-0.39, 0.29) is 0 Å². The number of hydrogen-bond acceptors (Lipinski definition) is 6. The monoisotopic (exact) mass is 405 g/mol. The van der Waals surface area contributed by atoms with Crippen molar-refractivity contribution >= 4 is 34.8 Å². The van der Waals surface area contributed by atoms with Gasteiger partial charge >= 0.3 is 0 Å². The van der Waals surface area contributed by atoms with Gasteiger partial charge in [0.05, 0.1) is 0 Å². The average molecular weight is 407 g/mol. The second kappa shape index (κ2) is 12.9. The zero-order chi connectivity index (χ0) is 17.9. The van der Waals surface area contributed by atoms with Crippen molar-refractivity contribution in [3.63, 3.8) is 0 Å². The number of halogens is 3. The summed E-state index contributed by atoms with van der Waals surface area (Å²) in [6.45, 7) is 3.73. The highest BCUT2D eigenvalue weighted by molar-refractivity contribution is 6.18. The molecule has 1 saturated heterocycles. The Bertz CT molecular complexity index is 272. The quantitative estimate of drug-likeness (QED) is 0.491. The third-order valence-corrected chi connectivity index (χ3v) is 5.04. The van der Waals surface area contributed by atoms with Crippen LogP contribution in [-0.4, -0.2) is 106 Å². The number of nitrogens with zero attached hydrogens (tertiary/aromatic N) is 3. The Kier molecular flexibility index (Phi) is 12.2. The van der Waals surface area contributed by atoms with Crippen molar-refractivity contribution in [2.75, 3.05) is 56.9 Å². The van der Waals surface area contributed by atoms with Gasteiger partial charge < -0.3 is 15.3 Å². The van der Waals surface area contributed by atoms with Crippen LogP contribution in [0.3, 0.4) is 0 Å².